The van der Waals surface area contributed by atoms with Crippen LogP contribution in [0, 0.1) is 0 Å². The monoisotopic (exact) mass is 435 g/mol. The van der Waals surface area contributed by atoms with Gasteiger partial charge in [0, 0.05) is 30.0 Å². The van der Waals surface area contributed by atoms with Crippen molar-refractivity contribution in [2.75, 3.05) is 30.3 Å². The van der Waals surface area contributed by atoms with Crippen LogP contribution in [0.4, 0.5) is 11.4 Å². The van der Waals surface area contributed by atoms with Gasteiger partial charge in [-0.25, -0.2) is 0 Å². The molecule has 2 atom stereocenters. The molecule has 0 aliphatic carbocycles. The van der Waals surface area contributed by atoms with Crippen LogP contribution in [0.3, 0.4) is 0 Å². The molecule has 0 aliphatic rings. The molecule has 3 aromatic carbocycles. The summed E-state index contributed by atoms with van der Waals surface area (Å²) in [5.74, 6) is 0.0282. The minimum Gasteiger partial charge on any atom is -0.508 e. The van der Waals surface area contributed by atoms with Gasteiger partial charge >= 0.3 is 0 Å². The van der Waals surface area contributed by atoms with Crippen molar-refractivity contribution in [1.82, 2.24) is 5.32 Å². The number of aliphatic hydroxyl groups excluding tert-OH is 2. The van der Waals surface area contributed by atoms with Gasteiger partial charge < -0.3 is 31.3 Å². The lowest BCUT2D eigenvalue weighted by atomic mass is 10.1. The molecule has 3 aromatic rings. The maximum atomic E-state index is 10.7. The van der Waals surface area contributed by atoms with Gasteiger partial charge in [0.25, 0.3) is 0 Å². The number of anilines is 2. The van der Waals surface area contributed by atoms with Gasteiger partial charge in [-0.3, -0.25) is 4.79 Å². The van der Waals surface area contributed by atoms with Gasteiger partial charge in [-0.2, -0.15) is 0 Å². The van der Waals surface area contributed by atoms with Crippen molar-refractivity contribution in [2.45, 2.75) is 18.6 Å². The molecule has 0 heterocycles. The largest absolute Gasteiger partial charge is 0.508 e. The second kappa shape index (κ2) is 11.9. The number of hydrogen-bond acceptors (Lipinski definition) is 6. The Morgan fingerprint density at radius 1 is 0.875 bits per heavy atom. The van der Waals surface area contributed by atoms with Crippen LogP contribution >= 0.6 is 0 Å². The summed E-state index contributed by atoms with van der Waals surface area (Å²) in [5.41, 5.74) is 3.88. The first kappa shape index (κ1) is 23.3. The van der Waals surface area contributed by atoms with E-state index in [2.05, 4.69) is 16.0 Å². The lowest BCUT2D eigenvalue weighted by molar-refractivity contribution is -0.105. The van der Waals surface area contributed by atoms with E-state index in [1.165, 1.54) is 12.1 Å². The van der Waals surface area contributed by atoms with Crippen LogP contribution in [0.2, 0.25) is 0 Å². The quantitative estimate of drug-likeness (QED) is 0.148. The third kappa shape index (κ3) is 6.81. The van der Waals surface area contributed by atoms with Crippen LogP contribution in [-0.4, -0.2) is 41.4 Å². The van der Waals surface area contributed by atoms with E-state index in [-0.39, 0.29) is 12.3 Å². The van der Waals surface area contributed by atoms with E-state index >= 15 is 0 Å². The first-order chi connectivity index (χ1) is 15.6. The van der Waals surface area contributed by atoms with Crippen LogP contribution in [0.1, 0.15) is 28.9 Å². The van der Waals surface area contributed by atoms with Crippen molar-refractivity contribution in [1.29, 1.82) is 0 Å². The van der Waals surface area contributed by atoms with Crippen molar-refractivity contribution in [3.63, 3.8) is 0 Å². The average molecular weight is 436 g/mol. The van der Waals surface area contributed by atoms with Gasteiger partial charge in [-0.05, 0) is 54.4 Å². The number of benzene rings is 3. The van der Waals surface area contributed by atoms with E-state index in [1.807, 2.05) is 54.6 Å². The zero-order valence-electron chi connectivity index (χ0n) is 17.7. The Hall–Kier alpha value is -3.39. The van der Waals surface area contributed by atoms with Crippen molar-refractivity contribution in [3.8, 4) is 5.75 Å². The fourth-order valence-corrected chi connectivity index (χ4v) is 3.40. The molecule has 0 unspecified atom stereocenters. The van der Waals surface area contributed by atoms with Crippen molar-refractivity contribution < 1.29 is 20.1 Å². The molecule has 0 saturated carbocycles. The molecule has 0 bridgehead atoms. The molecule has 7 nitrogen and oxygen atoms in total. The topological polar surface area (TPSA) is 114 Å². The van der Waals surface area contributed by atoms with E-state index in [4.69, 9.17) is 0 Å². The molecular weight excluding hydrogens is 406 g/mol. The molecule has 168 valence electrons. The summed E-state index contributed by atoms with van der Waals surface area (Å²) in [4.78, 5) is 10.7. The number of phenols is 1. The first-order valence-electron chi connectivity index (χ1n) is 10.5. The maximum Gasteiger partial charge on any atom is 0.211 e. The number of aromatic hydroxyl groups is 1. The number of aliphatic hydroxyl groups is 2. The van der Waals surface area contributed by atoms with Crippen molar-refractivity contribution in [3.05, 3.63) is 89.5 Å². The number of nitrogens with one attached hydrogen (secondary N) is 3. The third-order valence-corrected chi connectivity index (χ3v) is 5.17. The van der Waals surface area contributed by atoms with E-state index in [1.54, 1.807) is 6.07 Å². The van der Waals surface area contributed by atoms with E-state index in [0.29, 0.717) is 30.8 Å². The molecule has 7 heteroatoms. The molecule has 0 aliphatic heterocycles. The minimum atomic E-state index is -0.868. The highest BCUT2D eigenvalue weighted by molar-refractivity contribution is 5.74. The summed E-state index contributed by atoms with van der Waals surface area (Å²) in [6.45, 7) is 1.37. The molecule has 1 amide bonds. The molecule has 3 rings (SSSR count). The number of carbonyl (C=O) groups is 1. The normalized spacial score (nSPS) is 12.7. The van der Waals surface area contributed by atoms with Gasteiger partial charge in [0.2, 0.25) is 6.41 Å². The summed E-state index contributed by atoms with van der Waals surface area (Å²) >= 11 is 0. The van der Waals surface area contributed by atoms with E-state index in [0.717, 1.165) is 23.2 Å². The van der Waals surface area contributed by atoms with Crippen LogP contribution in [0.5, 0.6) is 5.75 Å². The Morgan fingerprint density at radius 2 is 1.62 bits per heavy atom. The second-order valence-corrected chi connectivity index (χ2v) is 7.51. The summed E-state index contributed by atoms with van der Waals surface area (Å²) in [6, 6.07) is 22.0. The third-order valence-electron chi connectivity index (χ3n) is 5.17. The van der Waals surface area contributed by atoms with Gasteiger partial charge in [0.15, 0.2) is 0 Å². The Balaban J connectivity index is 1.42. The van der Waals surface area contributed by atoms with Crippen LogP contribution in [-0.2, 0) is 11.2 Å². The predicted octanol–water partition coefficient (Wildman–Crippen LogP) is 2.97. The lowest BCUT2D eigenvalue weighted by Gasteiger charge is -2.16. The summed E-state index contributed by atoms with van der Waals surface area (Å²) in [6.07, 6.45) is -0.122. The van der Waals surface area contributed by atoms with Gasteiger partial charge in [-0.1, -0.05) is 42.5 Å². The Bertz CT molecular complexity index is 980. The second-order valence-electron chi connectivity index (χ2n) is 7.51. The van der Waals surface area contributed by atoms with Gasteiger partial charge in [0.05, 0.1) is 12.2 Å². The number of phenolic OH excluding ortho intramolecular Hbond substituents is 1. The fraction of sp³-hybridized carbons (Fsp3) is 0.240. The number of amides is 1. The van der Waals surface area contributed by atoms with E-state index < -0.39 is 12.2 Å². The Kier molecular flexibility index (Phi) is 8.62. The van der Waals surface area contributed by atoms with Crippen LogP contribution in [0.25, 0.3) is 0 Å². The molecule has 0 spiro atoms. The highest BCUT2D eigenvalue weighted by Gasteiger charge is 2.13. The zero-order valence-corrected chi connectivity index (χ0v) is 17.7. The summed E-state index contributed by atoms with van der Waals surface area (Å²) in [5, 5.41) is 39.3. The SMILES string of the molecule is O=CNc1ccc(O)cc1[C@@H](O)CNCCc1ccc(NC[C@@H](O)c2ccccc2)cc1. The molecule has 0 saturated heterocycles. The van der Waals surface area contributed by atoms with Crippen molar-refractivity contribution >= 4 is 17.8 Å². The van der Waals surface area contributed by atoms with Gasteiger partial charge in [-0.15, -0.1) is 0 Å². The molecule has 32 heavy (non-hydrogen) atoms. The fourth-order valence-electron chi connectivity index (χ4n) is 3.40. The number of rotatable bonds is 12. The molecule has 0 aromatic heterocycles. The zero-order chi connectivity index (χ0) is 22.8. The maximum absolute atomic E-state index is 10.7. The Labute approximate surface area is 187 Å². The van der Waals surface area contributed by atoms with Crippen molar-refractivity contribution in [2.24, 2.45) is 0 Å². The highest BCUT2D eigenvalue weighted by Crippen LogP contribution is 2.26. The first-order valence-corrected chi connectivity index (χ1v) is 10.5. The van der Waals surface area contributed by atoms with E-state index in [9.17, 15) is 20.1 Å². The van der Waals surface area contributed by atoms with Gasteiger partial charge in [0.1, 0.15) is 5.75 Å². The van der Waals surface area contributed by atoms with Crippen LogP contribution in [0.15, 0.2) is 72.8 Å². The molecule has 0 fully saturated rings. The molecule has 0 radical (unpaired) electrons. The predicted molar refractivity (Wildman–Crippen MR) is 126 cm³/mol. The standard InChI is InChI=1S/C25H29N3O4/c29-17-28-23-11-10-21(30)14-22(23)25(32)15-26-13-12-18-6-8-20(9-7-18)27-16-24(31)19-4-2-1-3-5-19/h1-11,14,17,24-27,30-32H,12-13,15-16H2,(H,28,29)/t24-,25+/m1/s1. The molecule has 6 N–H and O–H groups in total. The number of hydrogen-bond donors (Lipinski definition) is 6. The van der Waals surface area contributed by atoms with Crippen LogP contribution < -0.4 is 16.0 Å². The number of carbonyl (C=O) groups excluding carboxylic acids is 1. The average Bonchev–Trinajstić information content (AvgIpc) is 2.82. The highest BCUT2D eigenvalue weighted by atomic mass is 16.3. The summed E-state index contributed by atoms with van der Waals surface area (Å²) in [7, 11) is 0. The lowest BCUT2D eigenvalue weighted by Crippen LogP contribution is -2.24. The smallest absolute Gasteiger partial charge is 0.211 e. The Morgan fingerprint density at radius 3 is 2.34 bits per heavy atom. The molecular formula is C25H29N3O4. The minimum absolute atomic E-state index is 0.0282. The summed E-state index contributed by atoms with van der Waals surface area (Å²) < 4.78 is 0.